The van der Waals surface area contributed by atoms with E-state index in [1.807, 2.05) is 52.5 Å². The van der Waals surface area contributed by atoms with Crippen LogP contribution in [0.15, 0.2) is 65.2 Å². The Balaban J connectivity index is 1.57. The molecule has 126 valence electrons. The molecule has 0 spiro atoms. The highest BCUT2D eigenvalue weighted by molar-refractivity contribution is 8.02. The van der Waals surface area contributed by atoms with Gasteiger partial charge in [-0.15, -0.1) is 10.2 Å². The Morgan fingerprint density at radius 2 is 1.84 bits per heavy atom. The number of halogens is 1. The fourth-order valence-corrected chi connectivity index (χ4v) is 3.61. The SMILES string of the molecule is [NH3+][C@@H](Cc1ccccc1)c1nnc2n1NC(c1ccc(Cl)cc1)=CS2. The van der Waals surface area contributed by atoms with Gasteiger partial charge < -0.3 is 5.73 Å². The molecule has 1 atom stereocenters. The Morgan fingerprint density at radius 3 is 2.60 bits per heavy atom. The van der Waals surface area contributed by atoms with Gasteiger partial charge in [-0.25, -0.2) is 4.68 Å². The summed E-state index contributed by atoms with van der Waals surface area (Å²) in [5.41, 5.74) is 11.0. The second-order valence-electron chi connectivity index (χ2n) is 5.83. The van der Waals surface area contributed by atoms with E-state index in [0.717, 1.165) is 33.7 Å². The third-order valence-electron chi connectivity index (χ3n) is 4.02. The lowest BCUT2D eigenvalue weighted by molar-refractivity contribution is -0.428. The first-order chi connectivity index (χ1) is 12.2. The van der Waals surface area contributed by atoms with Crippen molar-refractivity contribution in [2.24, 2.45) is 0 Å². The van der Waals surface area contributed by atoms with Crippen molar-refractivity contribution >= 4 is 29.1 Å². The van der Waals surface area contributed by atoms with E-state index in [0.29, 0.717) is 0 Å². The summed E-state index contributed by atoms with van der Waals surface area (Å²) in [5, 5.41) is 12.2. The second kappa shape index (κ2) is 6.92. The summed E-state index contributed by atoms with van der Waals surface area (Å²) in [6.45, 7) is 0. The molecule has 1 aliphatic rings. The summed E-state index contributed by atoms with van der Waals surface area (Å²) in [4.78, 5) is 0. The van der Waals surface area contributed by atoms with Crippen LogP contribution in [0.5, 0.6) is 0 Å². The molecule has 1 aliphatic heterocycles. The summed E-state index contributed by atoms with van der Waals surface area (Å²) >= 11 is 7.52. The van der Waals surface area contributed by atoms with Crippen molar-refractivity contribution in [1.82, 2.24) is 14.9 Å². The van der Waals surface area contributed by atoms with Crippen molar-refractivity contribution in [1.29, 1.82) is 0 Å². The van der Waals surface area contributed by atoms with Crippen LogP contribution < -0.4 is 11.2 Å². The van der Waals surface area contributed by atoms with Gasteiger partial charge in [-0.3, -0.25) is 5.43 Å². The highest BCUT2D eigenvalue weighted by Crippen LogP contribution is 2.30. The maximum atomic E-state index is 5.98. The molecule has 5 nitrogen and oxygen atoms in total. The number of nitrogens with one attached hydrogen (secondary N) is 1. The third-order valence-corrected chi connectivity index (χ3v) is 5.10. The van der Waals surface area contributed by atoms with Gasteiger partial charge in [0.15, 0.2) is 6.04 Å². The number of quaternary nitrogens is 1. The standard InChI is InChI=1S/C18H16ClN5S/c19-14-8-6-13(7-9-14)16-11-25-18-22-21-17(24(18)23-16)15(20)10-12-4-2-1-3-5-12/h1-9,11,15,23H,10,20H2/p+1/t15-/m0/s1. The molecule has 0 saturated heterocycles. The van der Waals surface area contributed by atoms with Crippen LogP contribution in [0.1, 0.15) is 23.0 Å². The van der Waals surface area contributed by atoms with E-state index in [1.165, 1.54) is 5.56 Å². The van der Waals surface area contributed by atoms with Gasteiger partial charge in [-0.2, -0.15) is 0 Å². The molecule has 7 heteroatoms. The molecule has 0 saturated carbocycles. The van der Waals surface area contributed by atoms with Crippen LogP contribution in [0.4, 0.5) is 0 Å². The number of fused-ring (bicyclic) bond motifs is 1. The lowest BCUT2D eigenvalue weighted by Crippen LogP contribution is -2.56. The molecular formula is C18H17ClN5S+. The van der Waals surface area contributed by atoms with Crippen LogP contribution in [0.25, 0.3) is 5.70 Å². The average molecular weight is 371 g/mol. The lowest BCUT2D eigenvalue weighted by atomic mass is 10.1. The second-order valence-corrected chi connectivity index (χ2v) is 7.10. The maximum absolute atomic E-state index is 5.98. The fourth-order valence-electron chi connectivity index (χ4n) is 2.74. The summed E-state index contributed by atoms with van der Waals surface area (Å²) < 4.78 is 1.93. The predicted molar refractivity (Wildman–Crippen MR) is 100 cm³/mol. The zero-order valence-corrected chi connectivity index (χ0v) is 15.0. The number of nitrogens with zero attached hydrogens (tertiary/aromatic N) is 3. The molecule has 0 unspecified atom stereocenters. The molecule has 0 amide bonds. The van der Waals surface area contributed by atoms with Gasteiger partial charge in [0.05, 0.1) is 5.70 Å². The summed E-state index contributed by atoms with van der Waals surface area (Å²) in [6.07, 6.45) is 0.811. The number of hydrogen-bond donors (Lipinski definition) is 2. The van der Waals surface area contributed by atoms with E-state index in [1.54, 1.807) is 11.8 Å². The minimum absolute atomic E-state index is 0.00122. The summed E-state index contributed by atoms with van der Waals surface area (Å²) in [5.74, 6) is 0.825. The highest BCUT2D eigenvalue weighted by atomic mass is 35.5. The molecule has 0 fully saturated rings. The van der Waals surface area contributed by atoms with Gasteiger partial charge in [-0.05, 0) is 17.7 Å². The van der Waals surface area contributed by atoms with Crippen molar-refractivity contribution in [2.45, 2.75) is 17.6 Å². The molecule has 0 bridgehead atoms. The molecule has 1 aromatic heterocycles. The van der Waals surface area contributed by atoms with Crippen molar-refractivity contribution in [3.8, 4) is 0 Å². The third kappa shape index (κ3) is 3.42. The van der Waals surface area contributed by atoms with Crippen molar-refractivity contribution in [2.75, 3.05) is 5.43 Å². The van der Waals surface area contributed by atoms with Gasteiger partial charge >= 0.3 is 0 Å². The first-order valence-electron chi connectivity index (χ1n) is 7.93. The van der Waals surface area contributed by atoms with Gasteiger partial charge in [0, 0.05) is 22.4 Å². The van der Waals surface area contributed by atoms with Crippen molar-refractivity contribution in [3.63, 3.8) is 0 Å². The van der Waals surface area contributed by atoms with Crippen LogP contribution in [0, 0.1) is 0 Å². The van der Waals surface area contributed by atoms with Crippen LogP contribution in [-0.2, 0) is 6.42 Å². The van der Waals surface area contributed by atoms with E-state index < -0.39 is 0 Å². The molecule has 0 radical (unpaired) electrons. The molecular weight excluding hydrogens is 354 g/mol. The zero-order valence-electron chi connectivity index (χ0n) is 13.4. The number of rotatable bonds is 4. The maximum Gasteiger partial charge on any atom is 0.214 e. The molecule has 4 rings (SSSR count). The normalized spacial score (nSPS) is 14.4. The predicted octanol–water partition coefficient (Wildman–Crippen LogP) is 3.11. The smallest absolute Gasteiger partial charge is 0.214 e. The molecule has 0 aliphatic carbocycles. The number of thioether (sulfide) groups is 1. The number of hydrogen-bond acceptors (Lipinski definition) is 4. The Hall–Kier alpha value is -2.28. The van der Waals surface area contributed by atoms with E-state index in [2.05, 4.69) is 33.5 Å². The van der Waals surface area contributed by atoms with Crippen molar-refractivity contribution < 1.29 is 5.73 Å². The zero-order chi connectivity index (χ0) is 17.2. The van der Waals surface area contributed by atoms with Gasteiger partial charge in [0.1, 0.15) is 0 Å². The quantitative estimate of drug-likeness (QED) is 0.740. The largest absolute Gasteiger partial charge is 0.348 e. The monoisotopic (exact) mass is 370 g/mol. The topological polar surface area (TPSA) is 70.4 Å². The molecule has 25 heavy (non-hydrogen) atoms. The minimum Gasteiger partial charge on any atom is -0.348 e. The van der Waals surface area contributed by atoms with E-state index in [4.69, 9.17) is 11.6 Å². The first kappa shape index (κ1) is 16.2. The lowest BCUT2D eigenvalue weighted by Gasteiger charge is -2.20. The van der Waals surface area contributed by atoms with Gasteiger partial charge in [0.25, 0.3) is 0 Å². The Kier molecular flexibility index (Phi) is 4.48. The number of aromatic nitrogens is 3. The van der Waals surface area contributed by atoms with Crippen LogP contribution in [-0.4, -0.2) is 14.9 Å². The van der Waals surface area contributed by atoms with Gasteiger partial charge in [-0.1, -0.05) is 65.8 Å². The highest BCUT2D eigenvalue weighted by Gasteiger charge is 2.24. The summed E-state index contributed by atoms with van der Waals surface area (Å²) in [7, 11) is 0. The van der Waals surface area contributed by atoms with Gasteiger partial charge in [0.2, 0.25) is 11.0 Å². The minimum atomic E-state index is 0.00122. The molecule has 3 aromatic rings. The van der Waals surface area contributed by atoms with Crippen LogP contribution in [0.3, 0.4) is 0 Å². The van der Waals surface area contributed by atoms with Crippen molar-refractivity contribution in [3.05, 3.63) is 82.0 Å². The Labute approximate surface area is 154 Å². The Bertz CT molecular complexity index is 905. The molecule has 2 heterocycles. The van der Waals surface area contributed by atoms with E-state index in [-0.39, 0.29) is 6.04 Å². The van der Waals surface area contributed by atoms with Crippen LogP contribution >= 0.6 is 23.4 Å². The van der Waals surface area contributed by atoms with E-state index in [9.17, 15) is 0 Å². The fraction of sp³-hybridized carbons (Fsp3) is 0.111. The average Bonchev–Trinajstić information content (AvgIpc) is 3.06. The Morgan fingerprint density at radius 1 is 1.08 bits per heavy atom. The number of benzene rings is 2. The molecule has 4 N–H and O–H groups in total. The van der Waals surface area contributed by atoms with Crippen LogP contribution in [0.2, 0.25) is 5.02 Å². The molecule has 2 aromatic carbocycles. The first-order valence-corrected chi connectivity index (χ1v) is 9.18. The van der Waals surface area contributed by atoms with E-state index >= 15 is 0 Å². The summed E-state index contributed by atoms with van der Waals surface area (Å²) in [6, 6.07) is 18.0.